The van der Waals surface area contributed by atoms with Crippen LogP contribution in [0, 0.1) is 0 Å². The van der Waals surface area contributed by atoms with Gasteiger partial charge in [-0.1, -0.05) is 0 Å². The number of nitrogens with two attached hydrogens (primary N) is 1. The van der Waals surface area contributed by atoms with Crippen molar-refractivity contribution < 1.29 is 14.3 Å². The van der Waals surface area contributed by atoms with E-state index in [1.807, 2.05) is 0 Å². The molecule has 0 aliphatic rings. The van der Waals surface area contributed by atoms with Crippen LogP contribution in [-0.2, 0) is 0 Å². The van der Waals surface area contributed by atoms with E-state index < -0.39 is 0 Å². The molecule has 0 fully saturated rings. The molecule has 0 saturated carbocycles. The van der Waals surface area contributed by atoms with E-state index in [4.69, 9.17) is 15.2 Å². The van der Waals surface area contributed by atoms with Crippen LogP contribution >= 0.6 is 0 Å². The fourth-order valence-electron chi connectivity index (χ4n) is 1.76. The van der Waals surface area contributed by atoms with Gasteiger partial charge in [-0.2, -0.15) is 5.10 Å². The molecular weight excluding hydrogens is 246 g/mol. The summed E-state index contributed by atoms with van der Waals surface area (Å²) in [6.07, 6.45) is 1.60. The number of benzene rings is 1. The maximum Gasteiger partial charge on any atom is 0.243 e. The highest BCUT2D eigenvalue weighted by Crippen LogP contribution is 2.36. The first-order valence-corrected chi connectivity index (χ1v) is 5.65. The minimum atomic E-state index is -0.160. The molecule has 0 saturated heterocycles. The largest absolute Gasteiger partial charge is 0.496 e. The van der Waals surface area contributed by atoms with Gasteiger partial charge < -0.3 is 15.2 Å². The van der Waals surface area contributed by atoms with Crippen molar-refractivity contribution in [1.82, 2.24) is 9.78 Å². The van der Waals surface area contributed by atoms with Crippen LogP contribution in [0.1, 0.15) is 11.7 Å². The van der Waals surface area contributed by atoms with Crippen molar-refractivity contribution in [2.45, 2.75) is 6.92 Å². The zero-order chi connectivity index (χ0) is 14.0. The van der Waals surface area contributed by atoms with Crippen LogP contribution in [0.2, 0.25) is 0 Å². The first kappa shape index (κ1) is 12.9. The fourth-order valence-corrected chi connectivity index (χ4v) is 1.76. The molecule has 6 nitrogen and oxygen atoms in total. The molecular formula is C13H15N3O3. The number of ether oxygens (including phenoxy) is 2. The minimum Gasteiger partial charge on any atom is -0.496 e. The molecule has 0 amide bonds. The molecule has 2 aromatic rings. The van der Waals surface area contributed by atoms with Crippen molar-refractivity contribution in [3.63, 3.8) is 0 Å². The quantitative estimate of drug-likeness (QED) is 0.852. The second-order valence-electron chi connectivity index (χ2n) is 3.96. The molecule has 6 heteroatoms. The van der Waals surface area contributed by atoms with Gasteiger partial charge in [0.2, 0.25) is 5.91 Å². The first-order valence-electron chi connectivity index (χ1n) is 5.65. The second-order valence-corrected chi connectivity index (χ2v) is 3.96. The van der Waals surface area contributed by atoms with E-state index in [0.29, 0.717) is 28.4 Å². The number of methoxy groups -OCH3 is 2. The van der Waals surface area contributed by atoms with Crippen LogP contribution in [0.4, 0.5) is 5.69 Å². The van der Waals surface area contributed by atoms with E-state index in [-0.39, 0.29) is 5.91 Å². The predicted octanol–water partition coefficient (Wildman–Crippen LogP) is 1.81. The monoisotopic (exact) mass is 261 g/mol. The Morgan fingerprint density at radius 3 is 2.47 bits per heavy atom. The van der Waals surface area contributed by atoms with E-state index in [1.54, 1.807) is 31.5 Å². The van der Waals surface area contributed by atoms with Gasteiger partial charge in [0.25, 0.3) is 0 Å². The number of nitrogen functional groups attached to an aromatic ring is 1. The van der Waals surface area contributed by atoms with Crippen LogP contribution in [0.25, 0.3) is 11.3 Å². The molecule has 1 aromatic heterocycles. The molecule has 100 valence electrons. The molecule has 1 heterocycles. The van der Waals surface area contributed by atoms with Crippen LogP contribution in [-0.4, -0.2) is 29.9 Å². The summed E-state index contributed by atoms with van der Waals surface area (Å²) in [4.78, 5) is 11.2. The van der Waals surface area contributed by atoms with Gasteiger partial charge in [0.05, 0.1) is 25.6 Å². The Hall–Kier alpha value is -2.50. The van der Waals surface area contributed by atoms with Crippen molar-refractivity contribution in [2.24, 2.45) is 0 Å². The summed E-state index contributed by atoms with van der Waals surface area (Å²) in [7, 11) is 3.09. The standard InChI is InChI=1S/C13H15N3O3/c1-8(17)16-5-4-11(15-16)9-6-13(19-3)10(14)7-12(9)18-2/h4-7H,14H2,1-3H3. The van der Waals surface area contributed by atoms with Gasteiger partial charge >= 0.3 is 0 Å². The van der Waals surface area contributed by atoms with E-state index in [1.165, 1.54) is 18.7 Å². The topological polar surface area (TPSA) is 79.4 Å². The first-order chi connectivity index (χ1) is 9.06. The number of anilines is 1. The summed E-state index contributed by atoms with van der Waals surface area (Å²) >= 11 is 0. The van der Waals surface area contributed by atoms with Crippen molar-refractivity contribution in [1.29, 1.82) is 0 Å². The number of rotatable bonds is 3. The molecule has 0 radical (unpaired) electrons. The van der Waals surface area contributed by atoms with Crippen LogP contribution in [0.15, 0.2) is 24.4 Å². The maximum absolute atomic E-state index is 11.2. The third-order valence-corrected chi connectivity index (χ3v) is 2.74. The number of nitrogens with zero attached hydrogens (tertiary/aromatic N) is 2. The summed E-state index contributed by atoms with van der Waals surface area (Å²) in [6, 6.07) is 5.14. The molecule has 19 heavy (non-hydrogen) atoms. The molecule has 0 spiro atoms. The highest BCUT2D eigenvalue weighted by Gasteiger charge is 2.14. The number of carbonyl (C=O) groups excluding carboxylic acids is 1. The van der Waals surface area contributed by atoms with Crippen LogP contribution in [0.3, 0.4) is 0 Å². The predicted molar refractivity (Wildman–Crippen MR) is 71.5 cm³/mol. The highest BCUT2D eigenvalue weighted by atomic mass is 16.5. The van der Waals surface area contributed by atoms with E-state index >= 15 is 0 Å². The van der Waals surface area contributed by atoms with Crippen molar-refractivity contribution >= 4 is 11.6 Å². The summed E-state index contributed by atoms with van der Waals surface area (Å²) in [5.41, 5.74) is 7.64. The van der Waals surface area contributed by atoms with Gasteiger partial charge in [0.1, 0.15) is 11.5 Å². The summed E-state index contributed by atoms with van der Waals surface area (Å²) < 4.78 is 11.7. The normalized spacial score (nSPS) is 10.3. The highest BCUT2D eigenvalue weighted by molar-refractivity contribution is 5.78. The molecule has 0 aliphatic heterocycles. The Morgan fingerprint density at radius 2 is 1.95 bits per heavy atom. The van der Waals surface area contributed by atoms with Crippen molar-refractivity contribution in [2.75, 3.05) is 20.0 Å². The molecule has 1 aromatic carbocycles. The van der Waals surface area contributed by atoms with Gasteiger partial charge in [0, 0.05) is 24.8 Å². The average Bonchev–Trinajstić information content (AvgIpc) is 2.88. The maximum atomic E-state index is 11.2. The average molecular weight is 261 g/mol. The van der Waals surface area contributed by atoms with Gasteiger partial charge in [-0.05, 0) is 12.1 Å². The lowest BCUT2D eigenvalue weighted by molar-refractivity contribution is 0.0921. The molecule has 2 rings (SSSR count). The molecule has 2 N–H and O–H groups in total. The third-order valence-electron chi connectivity index (χ3n) is 2.74. The minimum absolute atomic E-state index is 0.160. The number of carbonyl (C=O) groups is 1. The third kappa shape index (κ3) is 2.37. The van der Waals surface area contributed by atoms with Crippen LogP contribution < -0.4 is 15.2 Å². The zero-order valence-electron chi connectivity index (χ0n) is 11.0. The lowest BCUT2D eigenvalue weighted by Crippen LogP contribution is -2.05. The van der Waals surface area contributed by atoms with E-state index in [0.717, 1.165) is 0 Å². The number of hydrogen-bond acceptors (Lipinski definition) is 5. The summed E-state index contributed by atoms with van der Waals surface area (Å²) in [5.74, 6) is 0.952. The molecule has 0 aliphatic carbocycles. The molecule has 0 unspecified atom stereocenters. The lowest BCUT2D eigenvalue weighted by Gasteiger charge is -2.11. The van der Waals surface area contributed by atoms with Gasteiger partial charge in [0.15, 0.2) is 0 Å². The molecule has 0 bridgehead atoms. The fraction of sp³-hybridized carbons (Fsp3) is 0.231. The Bertz CT molecular complexity index is 620. The summed E-state index contributed by atoms with van der Waals surface area (Å²) in [6.45, 7) is 1.44. The summed E-state index contributed by atoms with van der Waals surface area (Å²) in [5, 5.41) is 4.18. The van der Waals surface area contributed by atoms with Crippen LogP contribution in [0.5, 0.6) is 11.5 Å². The van der Waals surface area contributed by atoms with Gasteiger partial charge in [-0.15, -0.1) is 0 Å². The lowest BCUT2D eigenvalue weighted by atomic mass is 10.1. The zero-order valence-corrected chi connectivity index (χ0v) is 11.0. The van der Waals surface area contributed by atoms with E-state index in [9.17, 15) is 4.79 Å². The number of aromatic nitrogens is 2. The Labute approximate surface area is 110 Å². The van der Waals surface area contributed by atoms with Gasteiger partial charge in [-0.3, -0.25) is 4.79 Å². The van der Waals surface area contributed by atoms with E-state index in [2.05, 4.69) is 5.10 Å². The Kier molecular flexibility index (Phi) is 3.41. The SMILES string of the molecule is COc1cc(-c2ccn(C(C)=O)n2)c(OC)cc1N. The Morgan fingerprint density at radius 1 is 1.26 bits per heavy atom. The van der Waals surface area contributed by atoms with Gasteiger partial charge in [-0.25, -0.2) is 4.68 Å². The smallest absolute Gasteiger partial charge is 0.243 e. The van der Waals surface area contributed by atoms with Crippen molar-refractivity contribution in [3.05, 3.63) is 24.4 Å². The van der Waals surface area contributed by atoms with Crippen molar-refractivity contribution in [3.8, 4) is 22.8 Å². The Balaban J connectivity index is 2.55. The number of hydrogen-bond donors (Lipinski definition) is 1. The second kappa shape index (κ2) is 5.01. The molecule has 0 atom stereocenters.